The number of esters is 1. The number of carbonyl (C=O) groups excluding carboxylic acids is 2. The molecule has 1 amide bonds. The van der Waals surface area contributed by atoms with Crippen molar-refractivity contribution >= 4 is 12.1 Å². The summed E-state index contributed by atoms with van der Waals surface area (Å²) in [6.07, 6.45) is -0.00910. The normalized spacial score (nSPS) is 22.1. The number of likely N-dealkylation sites (tertiary alicyclic amines) is 1. The highest BCUT2D eigenvalue weighted by atomic mass is 16.6. The van der Waals surface area contributed by atoms with Crippen molar-refractivity contribution in [3.63, 3.8) is 0 Å². The van der Waals surface area contributed by atoms with Crippen LogP contribution in [-0.4, -0.2) is 54.0 Å². The van der Waals surface area contributed by atoms with E-state index >= 15 is 0 Å². The second-order valence-electron chi connectivity index (χ2n) is 7.43. The van der Waals surface area contributed by atoms with Crippen LogP contribution in [-0.2, 0) is 14.2 Å². The van der Waals surface area contributed by atoms with Gasteiger partial charge in [-0.25, -0.2) is 9.59 Å². The number of nitrogens with zero attached hydrogens (tertiary/aromatic N) is 1. The Labute approximate surface area is 141 Å². The lowest BCUT2D eigenvalue weighted by atomic mass is 9.90. The molecule has 2 saturated heterocycles. The van der Waals surface area contributed by atoms with Gasteiger partial charge in [0.2, 0.25) is 0 Å². The Kier molecular flexibility index (Phi) is 4.25. The maximum absolute atomic E-state index is 12.1. The summed E-state index contributed by atoms with van der Waals surface area (Å²) < 4.78 is 16.7. The molecule has 6 nitrogen and oxygen atoms in total. The second-order valence-corrected chi connectivity index (χ2v) is 7.43. The molecule has 6 heteroatoms. The summed E-state index contributed by atoms with van der Waals surface area (Å²) in [7, 11) is 0. The van der Waals surface area contributed by atoms with Gasteiger partial charge in [0.1, 0.15) is 17.3 Å². The van der Waals surface area contributed by atoms with Crippen LogP contribution in [0.25, 0.3) is 0 Å². The summed E-state index contributed by atoms with van der Waals surface area (Å²) in [5.74, 6) is -0.343. The number of hydrogen-bond acceptors (Lipinski definition) is 5. The third kappa shape index (κ3) is 3.70. The Morgan fingerprint density at radius 1 is 1.21 bits per heavy atom. The van der Waals surface area contributed by atoms with Crippen molar-refractivity contribution in [1.82, 2.24) is 4.90 Å². The molecule has 24 heavy (non-hydrogen) atoms. The first-order valence-corrected chi connectivity index (χ1v) is 8.14. The predicted octanol–water partition coefficient (Wildman–Crippen LogP) is 2.62. The lowest BCUT2D eigenvalue weighted by Crippen LogP contribution is -2.63. The van der Waals surface area contributed by atoms with Gasteiger partial charge in [-0.15, -0.1) is 0 Å². The van der Waals surface area contributed by atoms with Crippen LogP contribution in [0.15, 0.2) is 30.3 Å². The van der Waals surface area contributed by atoms with Gasteiger partial charge in [0.15, 0.2) is 0 Å². The summed E-state index contributed by atoms with van der Waals surface area (Å²) in [5, 5.41) is 0. The van der Waals surface area contributed by atoms with Gasteiger partial charge in [0, 0.05) is 6.42 Å². The summed E-state index contributed by atoms with van der Waals surface area (Å²) in [6.45, 7) is 6.83. The van der Waals surface area contributed by atoms with Gasteiger partial charge < -0.3 is 19.1 Å². The zero-order valence-electron chi connectivity index (χ0n) is 14.3. The summed E-state index contributed by atoms with van der Waals surface area (Å²) >= 11 is 0. The fraction of sp³-hybridized carbons (Fsp3) is 0.556. The van der Waals surface area contributed by atoms with Crippen LogP contribution in [0, 0.1) is 0 Å². The van der Waals surface area contributed by atoms with E-state index in [0.29, 0.717) is 31.7 Å². The average Bonchev–Trinajstić information content (AvgIpc) is 2.89. The number of amides is 1. The molecule has 2 aliphatic rings. The first kappa shape index (κ1) is 16.8. The van der Waals surface area contributed by atoms with Crippen LogP contribution in [0.5, 0.6) is 0 Å². The van der Waals surface area contributed by atoms with Gasteiger partial charge >= 0.3 is 12.1 Å². The number of hydrogen-bond donors (Lipinski definition) is 0. The van der Waals surface area contributed by atoms with Crippen LogP contribution in [0.1, 0.15) is 37.6 Å². The smallest absolute Gasteiger partial charge is 0.410 e. The Morgan fingerprint density at radius 3 is 2.50 bits per heavy atom. The van der Waals surface area contributed by atoms with Crippen LogP contribution in [0.4, 0.5) is 4.79 Å². The van der Waals surface area contributed by atoms with Gasteiger partial charge in [0.25, 0.3) is 0 Å². The van der Waals surface area contributed by atoms with E-state index in [1.807, 2.05) is 26.8 Å². The zero-order valence-corrected chi connectivity index (χ0v) is 14.3. The van der Waals surface area contributed by atoms with Crippen molar-refractivity contribution in [2.75, 3.05) is 19.7 Å². The fourth-order valence-electron chi connectivity index (χ4n) is 3.00. The van der Waals surface area contributed by atoms with Gasteiger partial charge in [-0.1, -0.05) is 18.2 Å². The minimum Gasteiger partial charge on any atom is -0.456 e. The molecule has 0 unspecified atom stereocenters. The molecule has 130 valence electrons. The van der Waals surface area contributed by atoms with Crippen LogP contribution < -0.4 is 0 Å². The third-order valence-electron chi connectivity index (χ3n) is 4.07. The van der Waals surface area contributed by atoms with Crippen molar-refractivity contribution in [2.45, 2.75) is 44.5 Å². The van der Waals surface area contributed by atoms with E-state index in [0.717, 1.165) is 0 Å². The summed E-state index contributed by atoms with van der Waals surface area (Å²) in [5.41, 5.74) is -0.384. The molecule has 3 rings (SSSR count). The SMILES string of the molecule is CC(C)(C)OC(=O)N1CC2(C[C@H](OC(=O)c3ccccc3)CO2)C1. The molecule has 0 saturated carbocycles. The maximum atomic E-state index is 12.1. The fourth-order valence-corrected chi connectivity index (χ4v) is 3.00. The molecular weight excluding hydrogens is 310 g/mol. The Bertz CT molecular complexity index is 616. The van der Waals surface area contributed by atoms with Gasteiger partial charge in [-0.3, -0.25) is 0 Å². The number of ether oxygens (including phenoxy) is 3. The number of rotatable bonds is 2. The van der Waals surface area contributed by atoms with Crippen LogP contribution in [0.3, 0.4) is 0 Å². The molecule has 1 aromatic carbocycles. The van der Waals surface area contributed by atoms with E-state index in [1.165, 1.54) is 0 Å². The molecule has 2 heterocycles. The Hall–Kier alpha value is -2.08. The van der Waals surface area contributed by atoms with Crippen LogP contribution >= 0.6 is 0 Å². The lowest BCUT2D eigenvalue weighted by molar-refractivity contribution is -0.109. The zero-order chi connectivity index (χ0) is 17.4. The molecule has 2 aliphatic heterocycles. The minimum atomic E-state index is -0.510. The van der Waals surface area contributed by atoms with E-state index < -0.39 is 11.2 Å². The van der Waals surface area contributed by atoms with Crippen molar-refractivity contribution in [2.24, 2.45) is 0 Å². The highest BCUT2D eigenvalue weighted by molar-refractivity contribution is 5.89. The van der Waals surface area contributed by atoms with Crippen molar-refractivity contribution in [1.29, 1.82) is 0 Å². The quantitative estimate of drug-likeness (QED) is 0.779. The van der Waals surface area contributed by atoms with Crippen LogP contribution in [0.2, 0.25) is 0 Å². The molecule has 0 aliphatic carbocycles. The van der Waals surface area contributed by atoms with Gasteiger partial charge in [0.05, 0.1) is 25.3 Å². The van der Waals surface area contributed by atoms with E-state index in [9.17, 15) is 9.59 Å². The summed E-state index contributed by atoms with van der Waals surface area (Å²) in [4.78, 5) is 25.7. The first-order valence-electron chi connectivity index (χ1n) is 8.14. The van der Waals surface area contributed by atoms with Gasteiger partial charge in [-0.05, 0) is 32.9 Å². The van der Waals surface area contributed by atoms with Crippen molar-refractivity contribution in [3.05, 3.63) is 35.9 Å². The van der Waals surface area contributed by atoms with E-state index in [-0.39, 0.29) is 18.2 Å². The van der Waals surface area contributed by atoms with E-state index in [1.54, 1.807) is 29.2 Å². The highest BCUT2D eigenvalue weighted by Crippen LogP contribution is 2.37. The monoisotopic (exact) mass is 333 g/mol. The number of carbonyl (C=O) groups is 2. The topological polar surface area (TPSA) is 65.1 Å². The molecule has 1 aromatic rings. The second kappa shape index (κ2) is 6.09. The molecule has 1 spiro atoms. The van der Waals surface area contributed by atoms with Gasteiger partial charge in [-0.2, -0.15) is 0 Å². The molecule has 2 fully saturated rings. The van der Waals surface area contributed by atoms with E-state index in [2.05, 4.69) is 0 Å². The first-order chi connectivity index (χ1) is 11.3. The summed E-state index contributed by atoms with van der Waals surface area (Å²) in [6, 6.07) is 8.90. The molecule has 0 N–H and O–H groups in total. The molecule has 0 aromatic heterocycles. The molecular formula is C18H23NO5. The molecule has 0 radical (unpaired) electrons. The maximum Gasteiger partial charge on any atom is 0.410 e. The van der Waals surface area contributed by atoms with Crippen molar-refractivity contribution < 1.29 is 23.8 Å². The molecule has 1 atom stereocenters. The Balaban J connectivity index is 1.49. The van der Waals surface area contributed by atoms with Crippen molar-refractivity contribution in [3.8, 4) is 0 Å². The molecule has 0 bridgehead atoms. The third-order valence-corrected chi connectivity index (χ3v) is 4.07. The lowest BCUT2D eigenvalue weighted by Gasteiger charge is -2.46. The number of benzene rings is 1. The van der Waals surface area contributed by atoms with E-state index in [4.69, 9.17) is 14.2 Å². The Morgan fingerprint density at radius 2 is 1.88 bits per heavy atom. The standard InChI is InChI=1S/C18H23NO5/c1-17(2,3)24-16(21)19-11-18(12-19)9-14(10-22-18)23-15(20)13-7-5-4-6-8-13/h4-8,14H,9-12H2,1-3H3/t14-/m0/s1. The minimum absolute atomic E-state index is 0.279. The predicted molar refractivity (Wildman–Crippen MR) is 86.8 cm³/mol. The highest BCUT2D eigenvalue weighted by Gasteiger charge is 2.53. The largest absolute Gasteiger partial charge is 0.456 e. The average molecular weight is 333 g/mol.